The molecule has 0 spiro atoms. The molecule has 0 aliphatic carbocycles. The topological polar surface area (TPSA) is 123 Å². The van der Waals surface area contributed by atoms with E-state index >= 15 is 0 Å². The number of oxazole rings is 1. The molecule has 6 aromatic rings. The maximum atomic E-state index is 12.7. The van der Waals surface area contributed by atoms with Crippen LogP contribution >= 0.6 is 12.2 Å². The van der Waals surface area contributed by atoms with E-state index in [2.05, 4.69) is 15.6 Å². The fourth-order valence-corrected chi connectivity index (χ4v) is 4.38. The highest BCUT2D eigenvalue weighted by Gasteiger charge is 2.16. The van der Waals surface area contributed by atoms with Crippen molar-refractivity contribution < 1.29 is 18.6 Å². The van der Waals surface area contributed by atoms with E-state index in [0.29, 0.717) is 34.0 Å². The van der Waals surface area contributed by atoms with Crippen LogP contribution in [-0.4, -0.2) is 20.9 Å². The summed E-state index contributed by atoms with van der Waals surface area (Å²) in [5.74, 6) is 0.264. The minimum atomic E-state index is -0.565. The molecule has 0 saturated heterocycles. The molecule has 2 heterocycles. The van der Waals surface area contributed by atoms with Gasteiger partial charge in [0.05, 0.1) is 4.92 Å². The predicted octanol–water partition coefficient (Wildman–Crippen LogP) is 6.94. The molecule has 0 unspecified atom stereocenters. The third-order valence-electron chi connectivity index (χ3n) is 6.04. The number of benzene rings is 4. The molecule has 0 aliphatic heterocycles. The molecule has 0 fully saturated rings. The Morgan fingerprint density at radius 2 is 1.69 bits per heavy atom. The zero-order chi connectivity index (χ0) is 26.9. The Hall–Kier alpha value is -5.35. The standard InChI is InChI=1S/C29H18N4O5S/c34-27(26-13-12-24(37-26)19-6-3-7-22(15-19)33(35)36)32-29(39)30-21-10-11-25-23(16-21)31-28(38-25)20-9-8-17-4-1-2-5-18(17)14-20/h1-16H,(H2,30,32,34,39). The summed E-state index contributed by atoms with van der Waals surface area (Å²) in [5, 5.41) is 18.9. The summed E-state index contributed by atoms with van der Waals surface area (Å²) in [6.07, 6.45) is 0. The summed E-state index contributed by atoms with van der Waals surface area (Å²) < 4.78 is 11.6. The minimum Gasteiger partial charge on any atom is -0.451 e. The molecule has 0 bridgehead atoms. The highest BCUT2D eigenvalue weighted by Crippen LogP contribution is 2.29. The fraction of sp³-hybridized carbons (Fsp3) is 0. The third kappa shape index (κ3) is 4.96. The van der Waals surface area contributed by atoms with Gasteiger partial charge in [0, 0.05) is 28.9 Å². The number of carbonyl (C=O) groups excluding carboxylic acids is 1. The molecule has 190 valence electrons. The second-order valence-electron chi connectivity index (χ2n) is 8.64. The Balaban J connectivity index is 1.14. The van der Waals surface area contributed by atoms with Crippen LogP contribution in [-0.2, 0) is 0 Å². The van der Waals surface area contributed by atoms with Gasteiger partial charge in [-0.25, -0.2) is 4.98 Å². The first-order chi connectivity index (χ1) is 18.9. The molecule has 9 nitrogen and oxygen atoms in total. The molecule has 0 atom stereocenters. The van der Waals surface area contributed by atoms with Gasteiger partial charge in [0.25, 0.3) is 11.6 Å². The molecule has 2 N–H and O–H groups in total. The number of nitro groups is 1. The van der Waals surface area contributed by atoms with Crippen molar-refractivity contribution in [3.63, 3.8) is 0 Å². The molecule has 6 rings (SSSR count). The lowest BCUT2D eigenvalue weighted by Gasteiger charge is -2.08. The van der Waals surface area contributed by atoms with E-state index in [9.17, 15) is 14.9 Å². The zero-order valence-corrected chi connectivity index (χ0v) is 20.9. The molecule has 0 radical (unpaired) electrons. The number of furan rings is 1. The highest BCUT2D eigenvalue weighted by molar-refractivity contribution is 7.80. The minimum absolute atomic E-state index is 0.00707. The summed E-state index contributed by atoms with van der Waals surface area (Å²) in [6, 6.07) is 28.4. The van der Waals surface area contributed by atoms with Gasteiger partial charge in [0.1, 0.15) is 11.3 Å². The Kier molecular flexibility index (Phi) is 6.06. The average molecular weight is 535 g/mol. The summed E-state index contributed by atoms with van der Waals surface area (Å²) >= 11 is 5.30. The lowest BCUT2D eigenvalue weighted by molar-refractivity contribution is -0.384. The number of anilines is 1. The highest BCUT2D eigenvalue weighted by atomic mass is 32.1. The third-order valence-corrected chi connectivity index (χ3v) is 6.24. The van der Waals surface area contributed by atoms with Gasteiger partial charge in [-0.2, -0.15) is 0 Å². The van der Waals surface area contributed by atoms with Crippen molar-refractivity contribution >= 4 is 56.5 Å². The summed E-state index contributed by atoms with van der Waals surface area (Å²) in [7, 11) is 0. The van der Waals surface area contributed by atoms with Crippen LogP contribution in [0.4, 0.5) is 11.4 Å². The van der Waals surface area contributed by atoms with Crippen molar-refractivity contribution in [1.82, 2.24) is 10.3 Å². The monoisotopic (exact) mass is 534 g/mol. The van der Waals surface area contributed by atoms with Crippen molar-refractivity contribution in [3.05, 3.63) is 113 Å². The van der Waals surface area contributed by atoms with Crippen molar-refractivity contribution in [1.29, 1.82) is 0 Å². The van der Waals surface area contributed by atoms with E-state index in [0.717, 1.165) is 16.3 Å². The maximum Gasteiger partial charge on any atom is 0.293 e. The Morgan fingerprint density at radius 1 is 0.846 bits per heavy atom. The van der Waals surface area contributed by atoms with E-state index in [1.54, 1.807) is 36.4 Å². The van der Waals surface area contributed by atoms with Crippen molar-refractivity contribution in [3.8, 4) is 22.8 Å². The number of nitro benzene ring substituents is 1. The van der Waals surface area contributed by atoms with E-state index in [4.69, 9.17) is 21.1 Å². The van der Waals surface area contributed by atoms with Gasteiger partial charge in [-0.3, -0.25) is 20.2 Å². The number of fused-ring (bicyclic) bond motifs is 2. The van der Waals surface area contributed by atoms with Crippen molar-refractivity contribution in [2.45, 2.75) is 0 Å². The number of nitrogens with zero attached hydrogens (tertiary/aromatic N) is 2. The summed E-state index contributed by atoms with van der Waals surface area (Å²) in [5.41, 5.74) is 3.13. The molecular weight excluding hydrogens is 516 g/mol. The van der Waals surface area contributed by atoms with Gasteiger partial charge in [0.2, 0.25) is 5.89 Å². The van der Waals surface area contributed by atoms with Crippen molar-refractivity contribution in [2.75, 3.05) is 5.32 Å². The number of aromatic nitrogens is 1. The second-order valence-corrected chi connectivity index (χ2v) is 9.05. The smallest absolute Gasteiger partial charge is 0.293 e. The number of rotatable bonds is 5. The first-order valence-corrected chi connectivity index (χ1v) is 12.2. The van der Waals surface area contributed by atoms with E-state index in [-0.39, 0.29) is 16.6 Å². The van der Waals surface area contributed by atoms with Gasteiger partial charge in [0.15, 0.2) is 16.5 Å². The molecule has 2 aromatic heterocycles. The molecule has 10 heteroatoms. The Bertz CT molecular complexity index is 1910. The largest absolute Gasteiger partial charge is 0.451 e. The van der Waals surface area contributed by atoms with Crippen molar-refractivity contribution in [2.24, 2.45) is 0 Å². The van der Waals surface area contributed by atoms with Crippen LogP contribution in [0.3, 0.4) is 0 Å². The zero-order valence-electron chi connectivity index (χ0n) is 20.1. The lowest BCUT2D eigenvalue weighted by Crippen LogP contribution is -2.33. The maximum absolute atomic E-state index is 12.7. The normalized spacial score (nSPS) is 11.0. The summed E-state index contributed by atoms with van der Waals surface area (Å²) in [6.45, 7) is 0. The number of nitrogens with one attached hydrogen (secondary N) is 2. The molecule has 4 aromatic carbocycles. The van der Waals surface area contributed by atoms with Crippen LogP contribution < -0.4 is 10.6 Å². The fourth-order valence-electron chi connectivity index (χ4n) is 4.17. The van der Waals surface area contributed by atoms with E-state index in [1.165, 1.54) is 18.2 Å². The lowest BCUT2D eigenvalue weighted by atomic mass is 10.1. The van der Waals surface area contributed by atoms with E-state index < -0.39 is 10.8 Å². The first kappa shape index (κ1) is 24.0. The number of carbonyl (C=O) groups is 1. The second kappa shape index (κ2) is 9.84. The van der Waals surface area contributed by atoms with Gasteiger partial charge < -0.3 is 14.2 Å². The number of non-ortho nitro benzene ring substituents is 1. The van der Waals surface area contributed by atoms with Gasteiger partial charge in [-0.15, -0.1) is 0 Å². The summed E-state index contributed by atoms with van der Waals surface area (Å²) in [4.78, 5) is 27.8. The van der Waals surface area contributed by atoms with Gasteiger partial charge >= 0.3 is 0 Å². The Labute approximate surface area is 226 Å². The predicted molar refractivity (Wildman–Crippen MR) is 151 cm³/mol. The van der Waals surface area contributed by atoms with Crippen LogP contribution in [0, 0.1) is 10.1 Å². The van der Waals surface area contributed by atoms with Crippen LogP contribution in [0.1, 0.15) is 10.6 Å². The average Bonchev–Trinajstić information content (AvgIpc) is 3.60. The van der Waals surface area contributed by atoms with Crippen LogP contribution in [0.15, 0.2) is 106 Å². The molecule has 1 amide bonds. The molecule has 0 saturated carbocycles. The first-order valence-electron chi connectivity index (χ1n) is 11.8. The number of hydrogen-bond acceptors (Lipinski definition) is 7. The number of thiocarbonyl (C=S) groups is 1. The van der Waals surface area contributed by atoms with Crippen LogP contribution in [0.5, 0.6) is 0 Å². The van der Waals surface area contributed by atoms with Gasteiger partial charge in [-0.05, 0) is 65.5 Å². The number of amides is 1. The quantitative estimate of drug-likeness (QED) is 0.138. The Morgan fingerprint density at radius 3 is 2.54 bits per heavy atom. The molecule has 0 aliphatic rings. The molecule has 39 heavy (non-hydrogen) atoms. The number of hydrogen-bond donors (Lipinski definition) is 2. The van der Waals surface area contributed by atoms with Crippen LogP contribution in [0.25, 0.3) is 44.7 Å². The van der Waals surface area contributed by atoms with Crippen LogP contribution in [0.2, 0.25) is 0 Å². The van der Waals surface area contributed by atoms with Gasteiger partial charge in [-0.1, -0.05) is 42.5 Å². The SMILES string of the molecule is O=C(NC(=S)Nc1ccc2oc(-c3ccc4ccccc4c3)nc2c1)c1ccc(-c2cccc([N+](=O)[O-])c2)o1. The molecular formula is C29H18N4O5S. The van der Waals surface area contributed by atoms with E-state index in [1.807, 2.05) is 42.5 Å².